The van der Waals surface area contributed by atoms with Crippen LogP contribution >= 0.6 is 0 Å². The van der Waals surface area contributed by atoms with Gasteiger partial charge in [-0.15, -0.1) is 0 Å². The average Bonchev–Trinajstić information content (AvgIpc) is 2.10. The highest BCUT2D eigenvalue weighted by molar-refractivity contribution is 5.85. The van der Waals surface area contributed by atoms with E-state index in [9.17, 15) is 9.59 Å². The van der Waals surface area contributed by atoms with Gasteiger partial charge in [0, 0.05) is 13.1 Å². The largest absolute Gasteiger partial charge is 0.444 e. The Morgan fingerprint density at radius 3 is 2.38 bits per heavy atom. The summed E-state index contributed by atoms with van der Waals surface area (Å²) in [5.41, 5.74) is 4.66. The Morgan fingerprint density at radius 1 is 1.38 bits per heavy atom. The number of hydrogen-bond donors (Lipinski definition) is 3. The summed E-state index contributed by atoms with van der Waals surface area (Å²) in [5.74, 6) is -0.281. The van der Waals surface area contributed by atoms with Crippen molar-refractivity contribution in [3.05, 3.63) is 0 Å². The molecule has 6 nitrogen and oxygen atoms in total. The monoisotopic (exact) mass is 231 g/mol. The zero-order valence-corrected chi connectivity index (χ0v) is 10.3. The van der Waals surface area contributed by atoms with Crippen LogP contribution in [0.25, 0.3) is 0 Å². The quantitative estimate of drug-likeness (QED) is 0.633. The third-order valence-electron chi connectivity index (χ3n) is 1.57. The maximum Gasteiger partial charge on any atom is 0.408 e. The molecular weight excluding hydrogens is 210 g/mol. The number of alkyl carbamates (subject to hydrolysis) is 1. The summed E-state index contributed by atoms with van der Waals surface area (Å²) in [6.07, 6.45) is -0.608. The summed E-state index contributed by atoms with van der Waals surface area (Å²) in [5, 5.41) is 5.00. The van der Waals surface area contributed by atoms with Gasteiger partial charge in [-0.3, -0.25) is 4.79 Å². The Balaban J connectivity index is 3.99. The maximum atomic E-state index is 11.4. The molecular formula is C10H21N3O3. The molecule has 1 atom stereocenters. The van der Waals surface area contributed by atoms with Crippen LogP contribution in [0.1, 0.15) is 27.7 Å². The zero-order chi connectivity index (χ0) is 12.8. The third-order valence-corrected chi connectivity index (χ3v) is 1.57. The SMILES string of the molecule is C[C@H](NC(=O)OC(C)(C)C)C(=O)NCCN. The van der Waals surface area contributed by atoms with Gasteiger partial charge in [-0.25, -0.2) is 4.79 Å². The van der Waals surface area contributed by atoms with Crippen LogP contribution in [0.15, 0.2) is 0 Å². The van der Waals surface area contributed by atoms with Crippen LogP contribution in [0.4, 0.5) is 4.79 Å². The Hall–Kier alpha value is -1.30. The van der Waals surface area contributed by atoms with E-state index in [1.54, 1.807) is 27.7 Å². The summed E-state index contributed by atoms with van der Waals surface area (Å²) >= 11 is 0. The fourth-order valence-corrected chi connectivity index (χ4v) is 0.898. The van der Waals surface area contributed by atoms with E-state index in [0.717, 1.165) is 0 Å². The minimum absolute atomic E-state index is 0.281. The number of amides is 2. The van der Waals surface area contributed by atoms with Crippen molar-refractivity contribution in [2.75, 3.05) is 13.1 Å². The van der Waals surface area contributed by atoms with Crippen LogP contribution in [0, 0.1) is 0 Å². The standard InChI is InChI=1S/C10H21N3O3/c1-7(8(14)12-6-5-11)13-9(15)16-10(2,3)4/h7H,5-6,11H2,1-4H3,(H,12,14)(H,13,15)/t7-/m0/s1. The van der Waals surface area contributed by atoms with E-state index in [-0.39, 0.29) is 5.91 Å². The van der Waals surface area contributed by atoms with Crippen molar-refractivity contribution < 1.29 is 14.3 Å². The number of nitrogens with one attached hydrogen (secondary N) is 2. The third kappa shape index (κ3) is 7.05. The fourth-order valence-electron chi connectivity index (χ4n) is 0.898. The molecule has 0 saturated carbocycles. The van der Waals surface area contributed by atoms with Crippen molar-refractivity contribution in [2.45, 2.75) is 39.3 Å². The van der Waals surface area contributed by atoms with Gasteiger partial charge in [0.25, 0.3) is 0 Å². The Morgan fingerprint density at radius 2 is 1.94 bits per heavy atom. The lowest BCUT2D eigenvalue weighted by molar-refractivity contribution is -0.122. The first-order valence-corrected chi connectivity index (χ1v) is 5.23. The normalized spacial score (nSPS) is 12.8. The summed E-state index contributed by atoms with van der Waals surface area (Å²) in [4.78, 5) is 22.7. The molecule has 94 valence electrons. The molecule has 0 bridgehead atoms. The minimum atomic E-state index is -0.638. The van der Waals surface area contributed by atoms with E-state index in [4.69, 9.17) is 10.5 Å². The molecule has 0 aliphatic heterocycles. The Labute approximate surface area is 95.9 Å². The number of carbonyl (C=O) groups is 2. The molecule has 0 spiro atoms. The van der Waals surface area contributed by atoms with Crippen molar-refractivity contribution in [3.63, 3.8) is 0 Å². The Kier molecular flexibility index (Phi) is 5.81. The lowest BCUT2D eigenvalue weighted by Crippen LogP contribution is -2.47. The molecule has 0 aliphatic carbocycles. The van der Waals surface area contributed by atoms with Crippen molar-refractivity contribution in [3.8, 4) is 0 Å². The van der Waals surface area contributed by atoms with E-state index in [0.29, 0.717) is 13.1 Å². The van der Waals surface area contributed by atoms with Gasteiger partial charge < -0.3 is 21.1 Å². The van der Waals surface area contributed by atoms with Gasteiger partial charge in [0.15, 0.2) is 0 Å². The van der Waals surface area contributed by atoms with Gasteiger partial charge in [0.1, 0.15) is 11.6 Å². The van der Waals surface area contributed by atoms with Gasteiger partial charge in [0.2, 0.25) is 5.91 Å². The van der Waals surface area contributed by atoms with E-state index in [2.05, 4.69) is 10.6 Å². The van der Waals surface area contributed by atoms with Gasteiger partial charge in [-0.1, -0.05) is 0 Å². The summed E-state index contributed by atoms with van der Waals surface area (Å²) < 4.78 is 5.01. The van der Waals surface area contributed by atoms with Crippen LogP contribution in [0.2, 0.25) is 0 Å². The lowest BCUT2D eigenvalue weighted by atomic mass is 10.2. The molecule has 2 amide bonds. The predicted molar refractivity (Wildman–Crippen MR) is 60.9 cm³/mol. The topological polar surface area (TPSA) is 93.4 Å². The van der Waals surface area contributed by atoms with Crippen LogP contribution in [0.3, 0.4) is 0 Å². The minimum Gasteiger partial charge on any atom is -0.444 e. The molecule has 0 aromatic rings. The van der Waals surface area contributed by atoms with Crippen LogP contribution < -0.4 is 16.4 Å². The number of nitrogens with two attached hydrogens (primary N) is 1. The van der Waals surface area contributed by atoms with Gasteiger partial charge in [0.05, 0.1) is 0 Å². The van der Waals surface area contributed by atoms with Gasteiger partial charge in [-0.2, -0.15) is 0 Å². The van der Waals surface area contributed by atoms with E-state index < -0.39 is 17.7 Å². The molecule has 0 aromatic carbocycles. The van der Waals surface area contributed by atoms with Crippen molar-refractivity contribution in [1.82, 2.24) is 10.6 Å². The second-order valence-corrected chi connectivity index (χ2v) is 4.45. The summed E-state index contributed by atoms with van der Waals surface area (Å²) in [7, 11) is 0. The van der Waals surface area contributed by atoms with E-state index in [1.807, 2.05) is 0 Å². The summed E-state index contributed by atoms with van der Waals surface area (Å²) in [6.45, 7) is 7.60. The molecule has 0 radical (unpaired) electrons. The molecule has 0 saturated heterocycles. The maximum absolute atomic E-state index is 11.4. The highest BCUT2D eigenvalue weighted by atomic mass is 16.6. The number of hydrogen-bond acceptors (Lipinski definition) is 4. The van der Waals surface area contributed by atoms with E-state index in [1.165, 1.54) is 0 Å². The molecule has 4 N–H and O–H groups in total. The Bertz CT molecular complexity index is 248. The molecule has 0 rings (SSSR count). The van der Waals surface area contributed by atoms with Crippen molar-refractivity contribution in [1.29, 1.82) is 0 Å². The highest BCUT2D eigenvalue weighted by Crippen LogP contribution is 2.06. The van der Waals surface area contributed by atoms with Crippen molar-refractivity contribution >= 4 is 12.0 Å². The molecule has 0 aliphatic rings. The van der Waals surface area contributed by atoms with Crippen LogP contribution in [0.5, 0.6) is 0 Å². The number of carbonyl (C=O) groups excluding carboxylic acids is 2. The first-order chi connectivity index (χ1) is 7.26. The van der Waals surface area contributed by atoms with Crippen molar-refractivity contribution in [2.24, 2.45) is 5.73 Å². The average molecular weight is 231 g/mol. The number of ether oxygens (including phenoxy) is 1. The van der Waals surface area contributed by atoms with Crippen LogP contribution in [-0.4, -0.2) is 36.7 Å². The second-order valence-electron chi connectivity index (χ2n) is 4.45. The molecule has 16 heavy (non-hydrogen) atoms. The second kappa shape index (κ2) is 6.32. The highest BCUT2D eigenvalue weighted by Gasteiger charge is 2.20. The summed E-state index contributed by atoms with van der Waals surface area (Å²) in [6, 6.07) is -0.638. The predicted octanol–water partition coefficient (Wildman–Crippen LogP) is -0.0255. The van der Waals surface area contributed by atoms with Crippen LogP contribution in [-0.2, 0) is 9.53 Å². The molecule has 0 fully saturated rings. The molecule has 0 heterocycles. The zero-order valence-electron chi connectivity index (χ0n) is 10.3. The molecule has 6 heteroatoms. The molecule has 0 unspecified atom stereocenters. The van der Waals surface area contributed by atoms with Gasteiger partial charge >= 0.3 is 6.09 Å². The fraction of sp³-hybridized carbons (Fsp3) is 0.800. The first kappa shape index (κ1) is 14.7. The molecule has 0 aromatic heterocycles. The lowest BCUT2D eigenvalue weighted by Gasteiger charge is -2.21. The van der Waals surface area contributed by atoms with E-state index >= 15 is 0 Å². The first-order valence-electron chi connectivity index (χ1n) is 5.23. The number of rotatable bonds is 4. The smallest absolute Gasteiger partial charge is 0.408 e. The van der Waals surface area contributed by atoms with Gasteiger partial charge in [-0.05, 0) is 27.7 Å².